The number of hydrogen-bond acceptors (Lipinski definition) is 2. The Morgan fingerprint density at radius 1 is 1.53 bits per heavy atom. The van der Waals surface area contributed by atoms with Crippen molar-refractivity contribution >= 4 is 23.3 Å². The number of carbonyl (C=O) groups excluding carboxylic acids is 1. The van der Waals surface area contributed by atoms with Gasteiger partial charge in [-0.25, -0.2) is 4.79 Å². The van der Waals surface area contributed by atoms with Gasteiger partial charge in [-0.3, -0.25) is 0 Å². The van der Waals surface area contributed by atoms with Crippen LogP contribution >= 0.6 is 11.6 Å². The number of halogens is 1. The van der Waals surface area contributed by atoms with Crippen molar-refractivity contribution in [2.75, 3.05) is 18.5 Å². The van der Waals surface area contributed by atoms with Crippen molar-refractivity contribution in [2.45, 2.75) is 32.4 Å². The van der Waals surface area contributed by atoms with E-state index in [9.17, 15) is 4.79 Å². The highest BCUT2D eigenvalue weighted by Crippen LogP contribution is 2.23. The molecule has 1 N–H and O–H groups in total. The smallest absolute Gasteiger partial charge is 0.322 e. The number of urea groups is 1. The summed E-state index contributed by atoms with van der Waals surface area (Å²) in [6.07, 6.45) is 0.0538. The van der Waals surface area contributed by atoms with Gasteiger partial charge in [0.05, 0.1) is 18.2 Å². The number of ether oxygens (including phenoxy) is 1. The van der Waals surface area contributed by atoms with Crippen molar-refractivity contribution < 1.29 is 9.53 Å². The third-order valence-corrected chi connectivity index (χ3v) is 3.45. The van der Waals surface area contributed by atoms with Crippen LogP contribution in [0.15, 0.2) is 24.3 Å². The summed E-state index contributed by atoms with van der Waals surface area (Å²) in [6, 6.07) is 7.02. The summed E-state index contributed by atoms with van der Waals surface area (Å²) >= 11 is 5.91. The third kappa shape index (κ3) is 3.39. The number of hydrogen-bond donors (Lipinski definition) is 1. The molecule has 1 aromatic carbocycles. The van der Waals surface area contributed by atoms with E-state index in [4.69, 9.17) is 16.3 Å². The average Bonchev–Trinajstić information content (AvgIpc) is 2.32. The van der Waals surface area contributed by atoms with Crippen LogP contribution in [0.1, 0.15) is 20.8 Å². The quantitative estimate of drug-likeness (QED) is 0.858. The lowest BCUT2D eigenvalue weighted by Gasteiger charge is -2.44. The molecule has 0 radical (unpaired) electrons. The predicted octanol–water partition coefficient (Wildman–Crippen LogP) is 3.37. The number of amides is 2. The molecule has 0 saturated carbocycles. The first-order valence-corrected chi connectivity index (χ1v) is 6.72. The Bertz CT molecular complexity index is 476. The van der Waals surface area contributed by atoms with Gasteiger partial charge in [-0.1, -0.05) is 17.7 Å². The van der Waals surface area contributed by atoms with Gasteiger partial charge >= 0.3 is 6.03 Å². The maximum Gasteiger partial charge on any atom is 0.322 e. The molecule has 5 heteroatoms. The first kappa shape index (κ1) is 14.2. The van der Waals surface area contributed by atoms with Gasteiger partial charge < -0.3 is 15.0 Å². The molecule has 19 heavy (non-hydrogen) atoms. The number of nitrogens with one attached hydrogen (secondary N) is 1. The molecular formula is C14H19ClN2O2. The molecule has 0 aromatic heterocycles. The summed E-state index contributed by atoms with van der Waals surface area (Å²) in [5.41, 5.74) is 0.391. The fraction of sp³-hybridized carbons (Fsp3) is 0.500. The van der Waals surface area contributed by atoms with Gasteiger partial charge in [0, 0.05) is 17.3 Å². The summed E-state index contributed by atoms with van der Waals surface area (Å²) in [4.78, 5) is 14.2. The molecular weight excluding hydrogens is 264 g/mol. The molecule has 2 amide bonds. The van der Waals surface area contributed by atoms with E-state index in [1.165, 1.54) is 0 Å². The molecule has 1 heterocycles. The van der Waals surface area contributed by atoms with Crippen LogP contribution in [0.3, 0.4) is 0 Å². The standard InChI is InChI=1S/C14H19ClN2O2/c1-10-8-17(14(2,3)9-19-10)13(18)16-12-6-4-5-11(15)7-12/h4-7,10H,8-9H2,1-3H3,(H,16,18). The molecule has 104 valence electrons. The van der Waals surface area contributed by atoms with E-state index in [1.807, 2.05) is 37.8 Å². The summed E-state index contributed by atoms with van der Waals surface area (Å²) < 4.78 is 5.60. The Labute approximate surface area is 118 Å². The number of anilines is 1. The Morgan fingerprint density at radius 2 is 2.26 bits per heavy atom. The van der Waals surface area contributed by atoms with Crippen LogP contribution in [0.4, 0.5) is 10.5 Å². The van der Waals surface area contributed by atoms with Gasteiger partial charge in [-0.05, 0) is 39.0 Å². The van der Waals surface area contributed by atoms with E-state index >= 15 is 0 Å². The van der Waals surface area contributed by atoms with Crippen LogP contribution in [0.2, 0.25) is 5.02 Å². The van der Waals surface area contributed by atoms with Crippen molar-refractivity contribution in [2.24, 2.45) is 0 Å². The Kier molecular flexibility index (Phi) is 4.02. The lowest BCUT2D eigenvalue weighted by Crippen LogP contribution is -2.58. The van der Waals surface area contributed by atoms with Gasteiger partial charge in [0.1, 0.15) is 0 Å². The largest absolute Gasteiger partial charge is 0.374 e. The fourth-order valence-electron chi connectivity index (χ4n) is 2.10. The number of carbonyl (C=O) groups is 1. The second kappa shape index (κ2) is 5.39. The molecule has 4 nitrogen and oxygen atoms in total. The predicted molar refractivity (Wildman–Crippen MR) is 76.7 cm³/mol. The van der Waals surface area contributed by atoms with Gasteiger partial charge in [0.2, 0.25) is 0 Å². The fourth-order valence-corrected chi connectivity index (χ4v) is 2.29. The molecule has 1 aromatic rings. The maximum atomic E-state index is 12.4. The molecule has 0 bridgehead atoms. The van der Waals surface area contributed by atoms with Crippen LogP contribution in [-0.4, -0.2) is 35.7 Å². The molecule has 1 saturated heterocycles. The second-order valence-electron chi connectivity index (χ2n) is 5.49. The SMILES string of the molecule is CC1CN(C(=O)Nc2cccc(Cl)c2)C(C)(C)CO1. The van der Waals surface area contributed by atoms with Crippen LogP contribution in [-0.2, 0) is 4.74 Å². The van der Waals surface area contributed by atoms with E-state index < -0.39 is 0 Å². The summed E-state index contributed by atoms with van der Waals surface area (Å²) in [6.45, 7) is 7.08. The summed E-state index contributed by atoms with van der Waals surface area (Å²) in [5, 5.41) is 3.48. The summed E-state index contributed by atoms with van der Waals surface area (Å²) in [5.74, 6) is 0. The van der Waals surface area contributed by atoms with Crippen molar-refractivity contribution in [3.05, 3.63) is 29.3 Å². The molecule has 2 rings (SSSR count). The number of rotatable bonds is 1. The average molecular weight is 283 g/mol. The Morgan fingerprint density at radius 3 is 2.95 bits per heavy atom. The zero-order valence-corrected chi connectivity index (χ0v) is 12.2. The highest BCUT2D eigenvalue weighted by Gasteiger charge is 2.36. The highest BCUT2D eigenvalue weighted by atomic mass is 35.5. The van der Waals surface area contributed by atoms with Gasteiger partial charge in [-0.2, -0.15) is 0 Å². The molecule has 1 atom stereocenters. The van der Waals surface area contributed by atoms with E-state index in [1.54, 1.807) is 12.1 Å². The normalized spacial score (nSPS) is 22.1. The lowest BCUT2D eigenvalue weighted by atomic mass is 10.0. The van der Waals surface area contributed by atoms with Crippen molar-refractivity contribution in [1.29, 1.82) is 0 Å². The van der Waals surface area contributed by atoms with E-state index in [-0.39, 0.29) is 17.7 Å². The molecule has 1 aliphatic heterocycles. The van der Waals surface area contributed by atoms with Crippen LogP contribution in [0.25, 0.3) is 0 Å². The van der Waals surface area contributed by atoms with E-state index in [0.717, 1.165) is 0 Å². The molecule has 0 spiro atoms. The van der Waals surface area contributed by atoms with Crippen LogP contribution in [0, 0.1) is 0 Å². The second-order valence-corrected chi connectivity index (χ2v) is 5.92. The lowest BCUT2D eigenvalue weighted by molar-refractivity contribution is -0.0685. The minimum absolute atomic E-state index is 0.0538. The molecule has 1 aliphatic rings. The van der Waals surface area contributed by atoms with Crippen LogP contribution in [0.5, 0.6) is 0 Å². The van der Waals surface area contributed by atoms with Gasteiger partial charge in [-0.15, -0.1) is 0 Å². The first-order valence-electron chi connectivity index (χ1n) is 6.34. The zero-order valence-electron chi connectivity index (χ0n) is 11.4. The number of nitrogens with zero attached hydrogens (tertiary/aromatic N) is 1. The van der Waals surface area contributed by atoms with Crippen molar-refractivity contribution in [1.82, 2.24) is 4.90 Å². The van der Waals surface area contributed by atoms with E-state index in [2.05, 4.69) is 5.32 Å². The molecule has 1 fully saturated rings. The Balaban J connectivity index is 2.10. The number of benzene rings is 1. The van der Waals surface area contributed by atoms with Crippen molar-refractivity contribution in [3.8, 4) is 0 Å². The van der Waals surface area contributed by atoms with Crippen molar-refractivity contribution in [3.63, 3.8) is 0 Å². The minimum Gasteiger partial charge on any atom is -0.374 e. The Hall–Kier alpha value is -1.26. The monoisotopic (exact) mass is 282 g/mol. The van der Waals surface area contributed by atoms with Gasteiger partial charge in [0.25, 0.3) is 0 Å². The zero-order chi connectivity index (χ0) is 14.0. The highest BCUT2D eigenvalue weighted by molar-refractivity contribution is 6.30. The van der Waals surface area contributed by atoms with E-state index in [0.29, 0.717) is 23.9 Å². The summed E-state index contributed by atoms with van der Waals surface area (Å²) in [7, 11) is 0. The third-order valence-electron chi connectivity index (χ3n) is 3.21. The minimum atomic E-state index is -0.310. The maximum absolute atomic E-state index is 12.4. The van der Waals surface area contributed by atoms with Gasteiger partial charge in [0.15, 0.2) is 0 Å². The topological polar surface area (TPSA) is 41.6 Å². The van der Waals surface area contributed by atoms with Crippen LogP contribution < -0.4 is 5.32 Å². The molecule has 1 unspecified atom stereocenters. The first-order chi connectivity index (χ1) is 8.88. The number of morpholine rings is 1. The molecule has 0 aliphatic carbocycles.